The molecule has 1 aliphatic carbocycles. The Labute approximate surface area is 78.6 Å². The standard InChI is InChI=1S/C11H13Cl/c1-11(2)7-10(11)8-4-3-5-9(12)6-8/h3-6,10H,7H2,1-2H3. The zero-order chi connectivity index (χ0) is 8.77. The van der Waals surface area contributed by atoms with Crippen LogP contribution in [0.3, 0.4) is 0 Å². The molecular formula is C11H13Cl. The molecule has 0 aliphatic heterocycles. The monoisotopic (exact) mass is 180 g/mol. The molecule has 1 atom stereocenters. The molecule has 1 unspecified atom stereocenters. The molecule has 1 aromatic carbocycles. The minimum absolute atomic E-state index is 0.505. The fraction of sp³-hybridized carbons (Fsp3) is 0.455. The fourth-order valence-corrected chi connectivity index (χ4v) is 1.96. The molecular weight excluding hydrogens is 168 g/mol. The molecule has 12 heavy (non-hydrogen) atoms. The van der Waals surface area contributed by atoms with Crippen molar-refractivity contribution < 1.29 is 0 Å². The van der Waals surface area contributed by atoms with Gasteiger partial charge in [-0.3, -0.25) is 0 Å². The second kappa shape index (κ2) is 2.50. The normalized spacial score (nSPS) is 25.4. The molecule has 1 saturated carbocycles. The lowest BCUT2D eigenvalue weighted by atomic mass is 10.0. The van der Waals surface area contributed by atoms with E-state index in [0.29, 0.717) is 5.41 Å². The first-order chi connectivity index (χ1) is 5.59. The molecule has 1 aromatic rings. The smallest absolute Gasteiger partial charge is 0.0408 e. The Hall–Kier alpha value is -0.490. The maximum atomic E-state index is 5.91. The molecule has 0 N–H and O–H groups in total. The van der Waals surface area contributed by atoms with E-state index in [4.69, 9.17) is 11.6 Å². The first-order valence-electron chi connectivity index (χ1n) is 4.35. The van der Waals surface area contributed by atoms with E-state index in [0.717, 1.165) is 10.9 Å². The summed E-state index contributed by atoms with van der Waals surface area (Å²) >= 11 is 5.91. The van der Waals surface area contributed by atoms with E-state index < -0.39 is 0 Å². The summed E-state index contributed by atoms with van der Waals surface area (Å²) in [6.45, 7) is 4.61. The Balaban J connectivity index is 2.26. The van der Waals surface area contributed by atoms with Gasteiger partial charge in [-0.2, -0.15) is 0 Å². The maximum absolute atomic E-state index is 5.91. The van der Waals surface area contributed by atoms with Crippen LogP contribution in [0.15, 0.2) is 24.3 Å². The lowest BCUT2D eigenvalue weighted by molar-refractivity contribution is 0.622. The van der Waals surface area contributed by atoms with Crippen LogP contribution in [-0.2, 0) is 0 Å². The van der Waals surface area contributed by atoms with Crippen molar-refractivity contribution in [2.75, 3.05) is 0 Å². The van der Waals surface area contributed by atoms with Crippen molar-refractivity contribution in [3.63, 3.8) is 0 Å². The van der Waals surface area contributed by atoms with Gasteiger partial charge in [-0.05, 0) is 35.4 Å². The van der Waals surface area contributed by atoms with Crippen molar-refractivity contribution in [2.45, 2.75) is 26.2 Å². The maximum Gasteiger partial charge on any atom is 0.0408 e. The van der Waals surface area contributed by atoms with Crippen LogP contribution in [0.2, 0.25) is 5.02 Å². The van der Waals surface area contributed by atoms with E-state index in [1.54, 1.807) is 0 Å². The lowest BCUT2D eigenvalue weighted by Crippen LogP contribution is -1.88. The molecule has 0 aromatic heterocycles. The van der Waals surface area contributed by atoms with Gasteiger partial charge in [0.1, 0.15) is 0 Å². The topological polar surface area (TPSA) is 0 Å². The van der Waals surface area contributed by atoms with Crippen LogP contribution >= 0.6 is 11.6 Å². The van der Waals surface area contributed by atoms with Crippen LogP contribution in [0.4, 0.5) is 0 Å². The number of hydrogen-bond acceptors (Lipinski definition) is 0. The minimum atomic E-state index is 0.505. The van der Waals surface area contributed by atoms with E-state index >= 15 is 0 Å². The second-order valence-corrected chi connectivity index (χ2v) is 4.74. The van der Waals surface area contributed by atoms with E-state index in [1.165, 1.54) is 12.0 Å². The zero-order valence-electron chi connectivity index (χ0n) is 7.47. The summed E-state index contributed by atoms with van der Waals surface area (Å²) in [5, 5.41) is 0.857. The van der Waals surface area contributed by atoms with Gasteiger partial charge in [0.15, 0.2) is 0 Å². The SMILES string of the molecule is CC1(C)CC1c1cccc(Cl)c1. The van der Waals surface area contributed by atoms with Gasteiger partial charge in [0, 0.05) is 5.02 Å². The predicted octanol–water partition coefficient (Wildman–Crippen LogP) is 3.85. The third-order valence-electron chi connectivity index (χ3n) is 2.76. The minimum Gasteiger partial charge on any atom is -0.0843 e. The van der Waals surface area contributed by atoms with E-state index in [2.05, 4.69) is 26.0 Å². The highest BCUT2D eigenvalue weighted by Gasteiger charge is 2.46. The molecule has 0 amide bonds. The lowest BCUT2D eigenvalue weighted by Gasteiger charge is -2.03. The summed E-state index contributed by atoms with van der Waals surface area (Å²) < 4.78 is 0. The van der Waals surface area contributed by atoms with Gasteiger partial charge in [0.25, 0.3) is 0 Å². The molecule has 0 heterocycles. The Morgan fingerprint density at radius 1 is 1.42 bits per heavy atom. The molecule has 2 rings (SSSR count). The van der Waals surface area contributed by atoms with Crippen LogP contribution in [0.5, 0.6) is 0 Å². The molecule has 0 spiro atoms. The van der Waals surface area contributed by atoms with Crippen LogP contribution in [0, 0.1) is 5.41 Å². The highest BCUT2D eigenvalue weighted by atomic mass is 35.5. The van der Waals surface area contributed by atoms with Crippen molar-refractivity contribution in [2.24, 2.45) is 5.41 Å². The van der Waals surface area contributed by atoms with E-state index in [1.807, 2.05) is 12.1 Å². The van der Waals surface area contributed by atoms with Gasteiger partial charge in [-0.15, -0.1) is 0 Å². The fourth-order valence-electron chi connectivity index (χ4n) is 1.76. The van der Waals surface area contributed by atoms with Crippen molar-refractivity contribution >= 4 is 11.6 Å². The average molecular weight is 181 g/mol. The Morgan fingerprint density at radius 2 is 2.08 bits per heavy atom. The van der Waals surface area contributed by atoms with Crippen molar-refractivity contribution in [3.8, 4) is 0 Å². The van der Waals surface area contributed by atoms with Gasteiger partial charge in [0.05, 0.1) is 0 Å². The number of benzene rings is 1. The highest BCUT2D eigenvalue weighted by molar-refractivity contribution is 6.30. The van der Waals surface area contributed by atoms with Gasteiger partial charge in [0.2, 0.25) is 0 Å². The van der Waals surface area contributed by atoms with Gasteiger partial charge in [-0.1, -0.05) is 37.6 Å². The van der Waals surface area contributed by atoms with Crippen LogP contribution in [-0.4, -0.2) is 0 Å². The molecule has 1 heteroatoms. The van der Waals surface area contributed by atoms with Crippen molar-refractivity contribution in [1.29, 1.82) is 0 Å². The quantitative estimate of drug-likeness (QED) is 0.616. The summed E-state index contributed by atoms with van der Waals surface area (Å²) in [6, 6.07) is 8.22. The first-order valence-corrected chi connectivity index (χ1v) is 4.73. The Morgan fingerprint density at radius 3 is 2.58 bits per heavy atom. The third-order valence-corrected chi connectivity index (χ3v) is 3.00. The number of hydrogen-bond donors (Lipinski definition) is 0. The Kier molecular flexibility index (Phi) is 1.69. The van der Waals surface area contributed by atoms with Crippen molar-refractivity contribution in [3.05, 3.63) is 34.9 Å². The predicted molar refractivity (Wildman–Crippen MR) is 52.6 cm³/mol. The van der Waals surface area contributed by atoms with Crippen molar-refractivity contribution in [1.82, 2.24) is 0 Å². The van der Waals surface area contributed by atoms with Crippen LogP contribution in [0.25, 0.3) is 0 Å². The molecule has 64 valence electrons. The first kappa shape index (κ1) is 8.12. The van der Waals surface area contributed by atoms with E-state index in [-0.39, 0.29) is 0 Å². The third kappa shape index (κ3) is 1.36. The zero-order valence-corrected chi connectivity index (χ0v) is 8.23. The number of rotatable bonds is 1. The largest absolute Gasteiger partial charge is 0.0843 e. The Bertz CT molecular complexity index is 302. The summed E-state index contributed by atoms with van der Waals surface area (Å²) in [5.41, 5.74) is 1.90. The number of halogens is 1. The van der Waals surface area contributed by atoms with E-state index in [9.17, 15) is 0 Å². The second-order valence-electron chi connectivity index (χ2n) is 4.30. The molecule has 0 saturated heterocycles. The summed E-state index contributed by atoms with van der Waals surface area (Å²) in [4.78, 5) is 0. The van der Waals surface area contributed by atoms with Crippen LogP contribution in [0.1, 0.15) is 31.7 Å². The molecule has 0 bridgehead atoms. The summed E-state index contributed by atoms with van der Waals surface area (Å²) in [7, 11) is 0. The molecule has 0 radical (unpaired) electrons. The average Bonchev–Trinajstić information content (AvgIpc) is 2.60. The molecule has 1 fully saturated rings. The highest BCUT2D eigenvalue weighted by Crippen LogP contribution is 2.58. The summed E-state index contributed by atoms with van der Waals surface area (Å²) in [5.74, 6) is 0.733. The molecule has 0 nitrogen and oxygen atoms in total. The van der Waals surface area contributed by atoms with Gasteiger partial charge < -0.3 is 0 Å². The molecule has 1 aliphatic rings. The van der Waals surface area contributed by atoms with Crippen LogP contribution < -0.4 is 0 Å². The summed E-state index contributed by atoms with van der Waals surface area (Å²) in [6.07, 6.45) is 1.30. The van der Waals surface area contributed by atoms with Gasteiger partial charge >= 0.3 is 0 Å². The van der Waals surface area contributed by atoms with Gasteiger partial charge in [-0.25, -0.2) is 0 Å².